The van der Waals surface area contributed by atoms with Crippen molar-refractivity contribution in [2.45, 2.75) is 26.9 Å². The van der Waals surface area contributed by atoms with Crippen LogP contribution in [0, 0.1) is 0 Å². The minimum Gasteiger partial charge on any atom is -0.309 e. The number of likely N-dealkylation sites (N-methyl/N-ethyl adjacent to an activating group) is 1. The van der Waals surface area contributed by atoms with Crippen LogP contribution in [0.25, 0.3) is 21.8 Å². The minimum absolute atomic E-state index is 0.274. The number of carbonyl (C=O) groups excluding carboxylic acids is 1. The van der Waals surface area contributed by atoms with Crippen LogP contribution in [-0.2, 0) is 17.9 Å². The Hall–Kier alpha value is -3.72. The number of nitrogens with zero attached hydrogens (tertiary/aromatic N) is 4. The quantitative estimate of drug-likeness (QED) is 0.441. The summed E-state index contributed by atoms with van der Waals surface area (Å²) in [5.74, 6) is -0.0306. The van der Waals surface area contributed by atoms with E-state index >= 15 is 0 Å². The molecule has 0 aliphatic rings. The van der Waals surface area contributed by atoms with Gasteiger partial charge in [-0.15, -0.1) is 0 Å². The highest BCUT2D eigenvalue weighted by Crippen LogP contribution is 2.19. The van der Waals surface area contributed by atoms with Gasteiger partial charge in [-0.25, -0.2) is 9.67 Å². The molecule has 0 radical (unpaired) electrons. The van der Waals surface area contributed by atoms with E-state index in [4.69, 9.17) is 0 Å². The SMILES string of the molecule is CCN(CC)CCn1c(NC(=O)Cn2[nH]c(=O)c3ccccc3c2=O)nc2ccccc21. The maximum Gasteiger partial charge on any atom is 0.273 e. The second kappa shape index (κ2) is 9.19. The van der Waals surface area contributed by atoms with E-state index in [-0.39, 0.29) is 11.9 Å². The number of amides is 1. The summed E-state index contributed by atoms with van der Waals surface area (Å²) in [6, 6.07) is 14.2. The number of para-hydroxylation sites is 2. The van der Waals surface area contributed by atoms with Gasteiger partial charge in [0.05, 0.1) is 21.8 Å². The summed E-state index contributed by atoms with van der Waals surface area (Å²) in [6.45, 7) is 7.24. The Balaban J connectivity index is 1.61. The highest BCUT2D eigenvalue weighted by molar-refractivity contribution is 5.91. The lowest BCUT2D eigenvalue weighted by atomic mass is 10.2. The van der Waals surface area contributed by atoms with Crippen LogP contribution in [0.3, 0.4) is 0 Å². The monoisotopic (exact) mass is 434 g/mol. The van der Waals surface area contributed by atoms with Crippen molar-refractivity contribution in [3.8, 4) is 0 Å². The summed E-state index contributed by atoms with van der Waals surface area (Å²) >= 11 is 0. The molecule has 0 unspecified atom stereocenters. The van der Waals surface area contributed by atoms with Crippen molar-refractivity contribution in [3.63, 3.8) is 0 Å². The molecule has 0 bridgehead atoms. The molecule has 0 saturated carbocycles. The fraction of sp³-hybridized carbons (Fsp3) is 0.304. The highest BCUT2D eigenvalue weighted by Gasteiger charge is 2.16. The van der Waals surface area contributed by atoms with Gasteiger partial charge in [0, 0.05) is 13.1 Å². The second-order valence-corrected chi connectivity index (χ2v) is 7.53. The largest absolute Gasteiger partial charge is 0.309 e. The summed E-state index contributed by atoms with van der Waals surface area (Å²) in [4.78, 5) is 44.7. The number of aromatic amines is 1. The third kappa shape index (κ3) is 4.19. The van der Waals surface area contributed by atoms with Gasteiger partial charge in [0.2, 0.25) is 11.9 Å². The molecule has 2 heterocycles. The van der Waals surface area contributed by atoms with Crippen LogP contribution in [0.5, 0.6) is 0 Å². The Morgan fingerprint density at radius 3 is 2.47 bits per heavy atom. The van der Waals surface area contributed by atoms with Crippen molar-refractivity contribution >= 4 is 33.7 Å². The number of rotatable bonds is 8. The lowest BCUT2D eigenvalue weighted by Crippen LogP contribution is -2.34. The normalized spacial score (nSPS) is 11.5. The van der Waals surface area contributed by atoms with Gasteiger partial charge in [-0.05, 0) is 37.4 Å². The fourth-order valence-corrected chi connectivity index (χ4v) is 3.84. The van der Waals surface area contributed by atoms with Crippen LogP contribution in [-0.4, -0.2) is 49.8 Å². The van der Waals surface area contributed by atoms with E-state index in [9.17, 15) is 14.4 Å². The summed E-state index contributed by atoms with van der Waals surface area (Å²) in [5.41, 5.74) is 0.856. The van der Waals surface area contributed by atoms with Crippen LogP contribution >= 0.6 is 0 Å². The molecule has 1 amide bonds. The summed E-state index contributed by atoms with van der Waals surface area (Å²) in [5, 5.41) is 5.87. The van der Waals surface area contributed by atoms with Crippen molar-refractivity contribution in [2.75, 3.05) is 25.0 Å². The van der Waals surface area contributed by atoms with Crippen molar-refractivity contribution < 1.29 is 4.79 Å². The number of hydrogen-bond donors (Lipinski definition) is 2. The number of fused-ring (bicyclic) bond motifs is 2. The second-order valence-electron chi connectivity index (χ2n) is 7.53. The zero-order valence-corrected chi connectivity index (χ0v) is 18.2. The minimum atomic E-state index is -0.447. The average molecular weight is 435 g/mol. The van der Waals surface area contributed by atoms with E-state index in [0.717, 1.165) is 35.3 Å². The molecule has 9 nitrogen and oxygen atoms in total. The molecule has 0 aliphatic heterocycles. The molecule has 2 aromatic carbocycles. The zero-order valence-electron chi connectivity index (χ0n) is 18.2. The van der Waals surface area contributed by atoms with Gasteiger partial charge in [0.25, 0.3) is 11.1 Å². The number of carbonyl (C=O) groups is 1. The molecule has 4 aromatic rings. The summed E-state index contributed by atoms with van der Waals surface area (Å²) in [7, 11) is 0. The first-order chi connectivity index (χ1) is 15.5. The molecule has 2 aromatic heterocycles. The number of aromatic nitrogens is 4. The Kier molecular flexibility index (Phi) is 6.18. The lowest BCUT2D eigenvalue weighted by Gasteiger charge is -2.19. The standard InChI is InChI=1S/C23H26N6O3/c1-3-27(4-2)13-14-28-19-12-8-7-11-18(19)24-23(28)25-20(30)15-29-22(32)17-10-6-5-9-16(17)21(31)26-29/h5-12H,3-4,13-15H2,1-2H3,(H,26,31)(H,24,25,30). The zero-order chi connectivity index (χ0) is 22.7. The smallest absolute Gasteiger partial charge is 0.273 e. The predicted octanol–water partition coefficient (Wildman–Crippen LogP) is 2.02. The van der Waals surface area contributed by atoms with Crippen LogP contribution in [0.2, 0.25) is 0 Å². The number of nitrogens with one attached hydrogen (secondary N) is 2. The molecule has 0 fully saturated rings. The number of anilines is 1. The molecule has 0 spiro atoms. The number of benzene rings is 2. The molecule has 4 rings (SSSR count). The Bertz CT molecular complexity index is 1380. The van der Waals surface area contributed by atoms with Crippen molar-refractivity contribution in [1.82, 2.24) is 24.2 Å². The maximum atomic E-state index is 12.8. The Labute approximate surface area is 184 Å². The van der Waals surface area contributed by atoms with Crippen molar-refractivity contribution in [1.29, 1.82) is 0 Å². The van der Waals surface area contributed by atoms with Crippen molar-refractivity contribution in [2.24, 2.45) is 0 Å². The topological polar surface area (TPSA) is 105 Å². The first-order valence-corrected chi connectivity index (χ1v) is 10.7. The average Bonchev–Trinajstić information content (AvgIpc) is 3.15. The van der Waals surface area contributed by atoms with Crippen LogP contribution in [0.15, 0.2) is 58.1 Å². The van der Waals surface area contributed by atoms with Gasteiger partial charge in [0.15, 0.2) is 0 Å². The van der Waals surface area contributed by atoms with Crippen molar-refractivity contribution in [3.05, 3.63) is 69.2 Å². The fourth-order valence-electron chi connectivity index (χ4n) is 3.84. The van der Waals surface area contributed by atoms with E-state index in [1.807, 2.05) is 28.8 Å². The van der Waals surface area contributed by atoms with Gasteiger partial charge >= 0.3 is 0 Å². The molecular formula is C23H26N6O3. The molecule has 32 heavy (non-hydrogen) atoms. The van der Waals surface area contributed by atoms with Gasteiger partial charge in [0.1, 0.15) is 6.54 Å². The summed E-state index contributed by atoms with van der Waals surface area (Å²) in [6.07, 6.45) is 0. The van der Waals surface area contributed by atoms with Crippen LogP contribution < -0.4 is 16.4 Å². The Morgan fingerprint density at radius 1 is 1.03 bits per heavy atom. The molecule has 0 atom stereocenters. The molecule has 9 heteroatoms. The number of imidazole rings is 1. The molecule has 0 saturated heterocycles. The van der Waals surface area contributed by atoms with E-state index in [1.165, 1.54) is 0 Å². The highest BCUT2D eigenvalue weighted by atomic mass is 16.2. The number of hydrogen-bond acceptors (Lipinski definition) is 5. The van der Waals surface area contributed by atoms with Crippen LogP contribution in [0.4, 0.5) is 5.95 Å². The van der Waals surface area contributed by atoms with E-state index < -0.39 is 17.0 Å². The molecule has 166 valence electrons. The predicted molar refractivity (Wildman–Crippen MR) is 125 cm³/mol. The van der Waals surface area contributed by atoms with Crippen LogP contribution in [0.1, 0.15) is 13.8 Å². The lowest BCUT2D eigenvalue weighted by molar-refractivity contribution is -0.117. The first kappa shape index (κ1) is 21.5. The third-order valence-corrected chi connectivity index (χ3v) is 5.63. The molecular weight excluding hydrogens is 408 g/mol. The van der Waals surface area contributed by atoms with Gasteiger partial charge < -0.3 is 9.47 Å². The number of H-pyrrole nitrogens is 1. The summed E-state index contributed by atoms with van der Waals surface area (Å²) < 4.78 is 3.00. The van der Waals surface area contributed by atoms with Gasteiger partial charge in [-0.2, -0.15) is 0 Å². The van der Waals surface area contributed by atoms with E-state index in [0.29, 0.717) is 17.9 Å². The van der Waals surface area contributed by atoms with Gasteiger partial charge in [-0.1, -0.05) is 38.1 Å². The molecule has 0 aliphatic carbocycles. The Morgan fingerprint density at radius 2 is 1.72 bits per heavy atom. The third-order valence-electron chi connectivity index (χ3n) is 5.63. The first-order valence-electron chi connectivity index (χ1n) is 10.7. The maximum absolute atomic E-state index is 12.8. The molecule has 2 N–H and O–H groups in total. The van der Waals surface area contributed by atoms with E-state index in [1.54, 1.807) is 24.3 Å². The van der Waals surface area contributed by atoms with Gasteiger partial charge in [-0.3, -0.25) is 24.8 Å². The van der Waals surface area contributed by atoms with E-state index in [2.05, 4.69) is 34.1 Å².